The molecule has 0 N–H and O–H groups in total. The molecule has 0 aromatic heterocycles. The second-order valence-corrected chi connectivity index (χ2v) is 18.5. The van der Waals surface area contributed by atoms with Crippen LogP contribution in [0.4, 0.5) is 0 Å². The summed E-state index contributed by atoms with van der Waals surface area (Å²) in [5.74, 6) is -0.980. The fourth-order valence-corrected chi connectivity index (χ4v) is 7.68. The number of esters is 3. The Hall–Kier alpha value is -3.41. The van der Waals surface area contributed by atoms with Crippen molar-refractivity contribution in [2.75, 3.05) is 13.2 Å². The van der Waals surface area contributed by atoms with Crippen LogP contribution in [-0.4, -0.2) is 37.2 Å². The number of unbranched alkanes of at least 4 members (excludes halogenated alkanes) is 25. The van der Waals surface area contributed by atoms with Crippen LogP contribution < -0.4 is 0 Å². The normalized spacial score (nSPS) is 12.7. The molecule has 0 aliphatic rings. The third kappa shape index (κ3) is 53.4. The number of hydrogen-bond donors (Lipinski definition) is 0. The molecule has 0 spiro atoms. The van der Waals surface area contributed by atoms with E-state index in [1.54, 1.807) is 0 Å². The van der Waals surface area contributed by atoms with Crippen molar-refractivity contribution in [1.82, 2.24) is 0 Å². The first kappa shape index (κ1) is 63.6. The second-order valence-electron chi connectivity index (χ2n) is 18.5. The molecule has 6 heteroatoms. The molecule has 0 unspecified atom stereocenters. The first-order valence-electron chi connectivity index (χ1n) is 28.1. The lowest BCUT2D eigenvalue weighted by atomic mass is 10.0. The molecule has 0 aromatic rings. The average molecular weight is 933 g/mol. The van der Waals surface area contributed by atoms with E-state index >= 15 is 0 Å². The highest BCUT2D eigenvalue weighted by atomic mass is 16.6. The lowest BCUT2D eigenvalue weighted by molar-refractivity contribution is -0.167. The molecular formula is C61H104O6. The van der Waals surface area contributed by atoms with Gasteiger partial charge in [0.1, 0.15) is 13.2 Å². The summed E-state index contributed by atoms with van der Waals surface area (Å²) >= 11 is 0. The topological polar surface area (TPSA) is 78.9 Å². The van der Waals surface area contributed by atoms with E-state index in [1.807, 2.05) is 0 Å². The standard InChI is InChI=1S/C61H104O6/c1-4-7-10-13-16-19-22-25-28-29-30-31-34-36-39-42-45-48-51-54-60(63)66-57-58(67-61(64)55-52-49-46-43-40-37-33-27-24-21-18-15-12-9-6-3)56-65-59(62)53-50-47-44-41-38-35-32-26-23-20-17-14-11-8-5-2/h8,11,17-18,20-21,26-27,32-33,38,40-41,43,58H,4-7,9-10,12-16,19,22-25,28-31,34-37,39,42,44-57H2,1-3H3/b11-8-,20-17-,21-18-,32-26-,33-27-,41-38-,43-40-/t58-/m1/s1. The zero-order valence-corrected chi connectivity index (χ0v) is 43.9. The van der Waals surface area contributed by atoms with Gasteiger partial charge >= 0.3 is 17.9 Å². The smallest absolute Gasteiger partial charge is 0.306 e. The van der Waals surface area contributed by atoms with Gasteiger partial charge in [0, 0.05) is 19.3 Å². The molecule has 0 saturated carbocycles. The van der Waals surface area contributed by atoms with Gasteiger partial charge in [-0.2, -0.15) is 0 Å². The van der Waals surface area contributed by atoms with Gasteiger partial charge < -0.3 is 14.2 Å². The maximum absolute atomic E-state index is 12.8. The molecule has 0 heterocycles. The predicted octanol–water partition coefficient (Wildman–Crippen LogP) is 18.8. The highest BCUT2D eigenvalue weighted by Crippen LogP contribution is 2.16. The summed E-state index contributed by atoms with van der Waals surface area (Å²) in [6.07, 6.45) is 71.5. The summed E-state index contributed by atoms with van der Waals surface area (Å²) in [7, 11) is 0. The van der Waals surface area contributed by atoms with E-state index in [9.17, 15) is 14.4 Å². The van der Waals surface area contributed by atoms with Crippen molar-refractivity contribution in [1.29, 1.82) is 0 Å². The highest BCUT2D eigenvalue weighted by molar-refractivity contribution is 5.71. The van der Waals surface area contributed by atoms with Crippen LogP contribution in [0.3, 0.4) is 0 Å². The third-order valence-corrected chi connectivity index (χ3v) is 11.9. The quantitative estimate of drug-likeness (QED) is 0.0262. The number of ether oxygens (including phenoxy) is 3. The Bertz CT molecular complexity index is 1300. The van der Waals surface area contributed by atoms with Crippen molar-refractivity contribution in [2.45, 2.75) is 271 Å². The summed E-state index contributed by atoms with van der Waals surface area (Å²) in [4.78, 5) is 38.1. The van der Waals surface area contributed by atoms with Gasteiger partial charge in [0.05, 0.1) is 0 Å². The fraction of sp³-hybridized carbons (Fsp3) is 0.721. The second kappa shape index (κ2) is 55.2. The molecule has 0 radical (unpaired) electrons. The monoisotopic (exact) mass is 933 g/mol. The van der Waals surface area contributed by atoms with Gasteiger partial charge in [-0.15, -0.1) is 0 Å². The molecule has 0 fully saturated rings. The van der Waals surface area contributed by atoms with Crippen LogP contribution in [0.25, 0.3) is 0 Å². The van der Waals surface area contributed by atoms with Crippen molar-refractivity contribution in [3.63, 3.8) is 0 Å². The molecule has 0 aliphatic carbocycles. The number of rotatable bonds is 50. The van der Waals surface area contributed by atoms with Gasteiger partial charge in [0.25, 0.3) is 0 Å². The molecule has 6 nitrogen and oxygen atoms in total. The molecule has 1 atom stereocenters. The summed E-state index contributed by atoms with van der Waals surface area (Å²) in [6, 6.07) is 0. The van der Waals surface area contributed by atoms with E-state index in [2.05, 4.69) is 106 Å². The Labute approximate surface area is 414 Å². The van der Waals surface area contributed by atoms with Gasteiger partial charge in [-0.25, -0.2) is 0 Å². The zero-order chi connectivity index (χ0) is 48.6. The van der Waals surface area contributed by atoms with Gasteiger partial charge in [0.15, 0.2) is 6.10 Å². The molecule has 0 aliphatic heterocycles. The Morgan fingerprint density at radius 2 is 0.582 bits per heavy atom. The number of carbonyl (C=O) groups is 3. The number of hydrogen-bond acceptors (Lipinski definition) is 6. The largest absolute Gasteiger partial charge is 0.462 e. The molecule has 0 aromatic carbocycles. The average Bonchev–Trinajstić information content (AvgIpc) is 3.33. The SMILES string of the molecule is CC/C=C\C/C=C\C/C=C\C/C=C\CCCCC(=O)OC[C@H](COC(=O)CCCCCCCCCCCCCCCCCCCCC)OC(=O)CCCC/C=C\C/C=C\C/C=C\CCCCC. The number of carbonyl (C=O) groups excluding carboxylic acids is 3. The van der Waals surface area contributed by atoms with Crippen molar-refractivity contribution >= 4 is 17.9 Å². The van der Waals surface area contributed by atoms with E-state index in [0.29, 0.717) is 19.3 Å². The Kier molecular flexibility index (Phi) is 52.4. The van der Waals surface area contributed by atoms with Gasteiger partial charge in [0.2, 0.25) is 0 Å². The Balaban J connectivity index is 4.45. The summed E-state index contributed by atoms with van der Waals surface area (Å²) in [5.41, 5.74) is 0. The van der Waals surface area contributed by atoms with E-state index in [0.717, 1.165) is 89.9 Å². The van der Waals surface area contributed by atoms with Crippen molar-refractivity contribution in [3.8, 4) is 0 Å². The fourth-order valence-electron chi connectivity index (χ4n) is 7.68. The minimum atomic E-state index is -0.812. The number of allylic oxidation sites excluding steroid dienone is 14. The first-order chi connectivity index (χ1) is 33.0. The molecule has 0 bridgehead atoms. The molecule has 384 valence electrons. The van der Waals surface area contributed by atoms with Gasteiger partial charge in [-0.1, -0.05) is 234 Å². The van der Waals surface area contributed by atoms with Crippen molar-refractivity contribution in [2.24, 2.45) is 0 Å². The van der Waals surface area contributed by atoms with Gasteiger partial charge in [-0.05, 0) is 96.3 Å². The predicted molar refractivity (Wildman–Crippen MR) is 288 cm³/mol. The Morgan fingerprint density at radius 3 is 0.940 bits per heavy atom. The van der Waals surface area contributed by atoms with E-state index in [4.69, 9.17) is 14.2 Å². The van der Waals surface area contributed by atoms with Crippen LogP contribution in [-0.2, 0) is 28.6 Å². The molecule has 0 amide bonds. The van der Waals surface area contributed by atoms with E-state index in [1.165, 1.54) is 128 Å². The minimum absolute atomic E-state index is 0.103. The van der Waals surface area contributed by atoms with Crippen LogP contribution in [0.5, 0.6) is 0 Å². The van der Waals surface area contributed by atoms with Crippen LogP contribution in [0, 0.1) is 0 Å². The summed E-state index contributed by atoms with van der Waals surface area (Å²) in [6.45, 7) is 6.44. The minimum Gasteiger partial charge on any atom is -0.462 e. The lowest BCUT2D eigenvalue weighted by Crippen LogP contribution is -2.30. The van der Waals surface area contributed by atoms with Crippen LogP contribution in [0.15, 0.2) is 85.1 Å². The van der Waals surface area contributed by atoms with Crippen LogP contribution >= 0.6 is 0 Å². The third-order valence-electron chi connectivity index (χ3n) is 11.9. The highest BCUT2D eigenvalue weighted by Gasteiger charge is 2.19. The van der Waals surface area contributed by atoms with Crippen LogP contribution in [0.2, 0.25) is 0 Å². The lowest BCUT2D eigenvalue weighted by Gasteiger charge is -2.18. The molecule has 0 rings (SSSR count). The van der Waals surface area contributed by atoms with Gasteiger partial charge in [-0.3, -0.25) is 14.4 Å². The Morgan fingerprint density at radius 1 is 0.313 bits per heavy atom. The van der Waals surface area contributed by atoms with Crippen molar-refractivity contribution in [3.05, 3.63) is 85.1 Å². The zero-order valence-electron chi connectivity index (χ0n) is 43.9. The van der Waals surface area contributed by atoms with Crippen LogP contribution in [0.1, 0.15) is 265 Å². The molecule has 67 heavy (non-hydrogen) atoms. The maximum Gasteiger partial charge on any atom is 0.306 e. The maximum atomic E-state index is 12.8. The molecular weight excluding hydrogens is 829 g/mol. The summed E-state index contributed by atoms with van der Waals surface area (Å²) < 4.78 is 16.8. The molecule has 0 saturated heterocycles. The van der Waals surface area contributed by atoms with E-state index in [-0.39, 0.29) is 37.5 Å². The first-order valence-corrected chi connectivity index (χ1v) is 28.1. The van der Waals surface area contributed by atoms with E-state index < -0.39 is 6.10 Å². The summed E-state index contributed by atoms with van der Waals surface area (Å²) in [5, 5.41) is 0. The van der Waals surface area contributed by atoms with Crippen molar-refractivity contribution < 1.29 is 28.6 Å².